The zero-order valence-electron chi connectivity index (χ0n) is 10.2. The summed E-state index contributed by atoms with van der Waals surface area (Å²) >= 11 is 0. The van der Waals surface area contributed by atoms with E-state index in [-0.39, 0.29) is 0 Å². The van der Waals surface area contributed by atoms with E-state index in [2.05, 4.69) is 9.47 Å². The van der Waals surface area contributed by atoms with Gasteiger partial charge in [-0.3, -0.25) is 19.3 Å². The molecule has 7 heteroatoms. The minimum atomic E-state index is -1.29. The third kappa shape index (κ3) is 4.21. The molecule has 17 heavy (non-hydrogen) atoms. The van der Waals surface area contributed by atoms with Crippen molar-refractivity contribution >= 4 is 23.8 Å². The van der Waals surface area contributed by atoms with Gasteiger partial charge in [-0.2, -0.15) is 0 Å². The predicted octanol–water partition coefficient (Wildman–Crippen LogP) is -0.514. The lowest BCUT2D eigenvalue weighted by molar-refractivity contribution is -0.161. The highest BCUT2D eigenvalue weighted by Gasteiger charge is 2.34. The van der Waals surface area contributed by atoms with Gasteiger partial charge in [0.05, 0.1) is 20.6 Å². The van der Waals surface area contributed by atoms with Crippen LogP contribution < -0.4 is 0 Å². The fourth-order valence-electron chi connectivity index (χ4n) is 1.32. The molecule has 0 radical (unpaired) electrons. The van der Waals surface area contributed by atoms with Crippen LogP contribution in [0.15, 0.2) is 0 Å². The van der Waals surface area contributed by atoms with Crippen molar-refractivity contribution in [1.82, 2.24) is 4.90 Å². The molecule has 0 spiro atoms. The number of carbonyl (C=O) groups excluding carboxylic acids is 4. The second-order valence-electron chi connectivity index (χ2n) is 3.23. The van der Waals surface area contributed by atoms with Gasteiger partial charge in [-0.1, -0.05) is 0 Å². The van der Waals surface area contributed by atoms with Crippen LogP contribution >= 0.6 is 0 Å². The second-order valence-corrected chi connectivity index (χ2v) is 3.23. The Balaban J connectivity index is 5.13. The van der Waals surface area contributed by atoms with E-state index < -0.39 is 36.2 Å². The third-order valence-corrected chi connectivity index (χ3v) is 2.05. The van der Waals surface area contributed by atoms with E-state index in [4.69, 9.17) is 0 Å². The molecule has 0 saturated carbocycles. The summed E-state index contributed by atoms with van der Waals surface area (Å²) in [5, 5.41) is 0. The minimum Gasteiger partial charge on any atom is -0.469 e. The van der Waals surface area contributed by atoms with Crippen molar-refractivity contribution in [2.45, 2.75) is 26.3 Å². The van der Waals surface area contributed by atoms with Crippen molar-refractivity contribution < 1.29 is 28.7 Å². The Morgan fingerprint density at radius 2 is 1.47 bits per heavy atom. The van der Waals surface area contributed by atoms with Gasteiger partial charge >= 0.3 is 11.9 Å². The number of nitrogens with zero attached hydrogens (tertiary/aromatic N) is 1. The van der Waals surface area contributed by atoms with Crippen molar-refractivity contribution in [1.29, 1.82) is 0 Å². The minimum absolute atomic E-state index is 0.428. The maximum Gasteiger partial charge on any atom is 0.329 e. The van der Waals surface area contributed by atoms with Crippen molar-refractivity contribution in [3.8, 4) is 0 Å². The van der Waals surface area contributed by atoms with E-state index >= 15 is 0 Å². The summed E-state index contributed by atoms with van der Waals surface area (Å²) < 4.78 is 8.84. The topological polar surface area (TPSA) is 90.0 Å². The van der Waals surface area contributed by atoms with Gasteiger partial charge in [0.15, 0.2) is 0 Å². The van der Waals surface area contributed by atoms with E-state index in [1.165, 1.54) is 0 Å². The summed E-state index contributed by atoms with van der Waals surface area (Å²) in [6.07, 6.45) is -0.428. The molecule has 1 atom stereocenters. The summed E-state index contributed by atoms with van der Waals surface area (Å²) in [4.78, 5) is 45.7. The molecule has 0 N–H and O–H groups in total. The monoisotopic (exact) mass is 245 g/mol. The number of methoxy groups -OCH3 is 2. The lowest BCUT2D eigenvalue weighted by Gasteiger charge is -2.25. The van der Waals surface area contributed by atoms with Crippen molar-refractivity contribution in [2.24, 2.45) is 0 Å². The van der Waals surface area contributed by atoms with Gasteiger partial charge in [0, 0.05) is 13.8 Å². The van der Waals surface area contributed by atoms with E-state index in [0.29, 0.717) is 4.90 Å². The average molecular weight is 245 g/mol. The normalized spacial score (nSPS) is 11.3. The molecular weight excluding hydrogens is 230 g/mol. The molecule has 0 aromatic heterocycles. The first-order valence-corrected chi connectivity index (χ1v) is 4.80. The van der Waals surface area contributed by atoms with Crippen LogP contribution in [-0.4, -0.2) is 48.9 Å². The number of rotatable bonds is 4. The molecule has 2 amide bonds. The van der Waals surface area contributed by atoms with Crippen molar-refractivity contribution in [3.63, 3.8) is 0 Å². The molecule has 96 valence electrons. The fourth-order valence-corrected chi connectivity index (χ4v) is 1.32. The third-order valence-electron chi connectivity index (χ3n) is 2.05. The van der Waals surface area contributed by atoms with Crippen LogP contribution in [0.2, 0.25) is 0 Å². The molecule has 0 aliphatic rings. The molecule has 0 rings (SSSR count). The highest BCUT2D eigenvalue weighted by atomic mass is 16.5. The summed E-state index contributed by atoms with van der Waals surface area (Å²) in [5.41, 5.74) is 0. The standard InChI is InChI=1S/C10H15NO6/c1-6(12)11(7(2)13)8(10(15)17-4)5-9(14)16-3/h8H,5H2,1-4H3/t8-/m0/s1. The van der Waals surface area contributed by atoms with Gasteiger partial charge in [-0.15, -0.1) is 0 Å². The number of hydrogen-bond donors (Lipinski definition) is 0. The lowest BCUT2D eigenvalue weighted by Crippen LogP contribution is -2.48. The first kappa shape index (κ1) is 15.1. The zero-order chi connectivity index (χ0) is 13.6. The molecule has 0 aromatic rings. The second kappa shape index (κ2) is 6.62. The predicted molar refractivity (Wildman–Crippen MR) is 55.6 cm³/mol. The van der Waals surface area contributed by atoms with Crippen LogP contribution in [0, 0.1) is 0 Å². The molecule has 0 aromatic carbocycles. The molecule has 0 aliphatic carbocycles. The van der Waals surface area contributed by atoms with Crippen LogP contribution in [0.1, 0.15) is 20.3 Å². The summed E-state index contributed by atoms with van der Waals surface area (Å²) in [7, 11) is 2.24. The molecular formula is C10H15NO6. The number of ether oxygens (including phenoxy) is 2. The summed E-state index contributed by atoms with van der Waals surface area (Å²) in [5.74, 6) is -2.85. The molecule has 0 unspecified atom stereocenters. The largest absolute Gasteiger partial charge is 0.469 e. The fraction of sp³-hybridized carbons (Fsp3) is 0.600. The molecule has 0 aliphatic heterocycles. The van der Waals surface area contributed by atoms with E-state index in [1.54, 1.807) is 0 Å². The van der Waals surface area contributed by atoms with Crippen molar-refractivity contribution in [2.75, 3.05) is 14.2 Å². The van der Waals surface area contributed by atoms with Gasteiger partial charge in [-0.05, 0) is 0 Å². The van der Waals surface area contributed by atoms with E-state index in [0.717, 1.165) is 28.1 Å². The Morgan fingerprint density at radius 1 is 1.00 bits per heavy atom. The van der Waals surface area contributed by atoms with Crippen LogP contribution in [0.25, 0.3) is 0 Å². The van der Waals surface area contributed by atoms with Gasteiger partial charge in [-0.25, -0.2) is 4.79 Å². The lowest BCUT2D eigenvalue weighted by atomic mass is 10.1. The van der Waals surface area contributed by atoms with E-state index in [1.807, 2.05) is 0 Å². The first-order valence-electron chi connectivity index (χ1n) is 4.80. The maximum absolute atomic E-state index is 11.4. The Labute approximate surface area is 98.7 Å². The van der Waals surface area contributed by atoms with Crippen LogP contribution in [0.4, 0.5) is 0 Å². The quantitative estimate of drug-likeness (QED) is 0.619. The maximum atomic E-state index is 11.4. The van der Waals surface area contributed by atoms with Gasteiger partial charge in [0.2, 0.25) is 11.8 Å². The zero-order valence-corrected chi connectivity index (χ0v) is 10.2. The van der Waals surface area contributed by atoms with Gasteiger partial charge in [0.25, 0.3) is 0 Å². The molecule has 0 saturated heterocycles. The van der Waals surface area contributed by atoms with Gasteiger partial charge in [0.1, 0.15) is 6.04 Å². The van der Waals surface area contributed by atoms with Crippen LogP contribution in [-0.2, 0) is 28.7 Å². The first-order chi connectivity index (χ1) is 7.84. The van der Waals surface area contributed by atoms with E-state index in [9.17, 15) is 19.2 Å². The smallest absolute Gasteiger partial charge is 0.329 e. The molecule has 0 fully saturated rings. The number of hydrogen-bond acceptors (Lipinski definition) is 6. The van der Waals surface area contributed by atoms with Crippen molar-refractivity contribution in [3.05, 3.63) is 0 Å². The van der Waals surface area contributed by atoms with Crippen LogP contribution in [0.3, 0.4) is 0 Å². The van der Waals surface area contributed by atoms with Crippen LogP contribution in [0.5, 0.6) is 0 Å². The highest BCUT2D eigenvalue weighted by molar-refractivity contribution is 5.98. The Hall–Kier alpha value is -1.92. The summed E-state index contributed by atoms with van der Waals surface area (Å²) in [6.45, 7) is 2.24. The number of amides is 2. The molecule has 7 nitrogen and oxygen atoms in total. The molecule has 0 bridgehead atoms. The average Bonchev–Trinajstić information content (AvgIpc) is 2.25. The Morgan fingerprint density at radius 3 is 1.76 bits per heavy atom. The number of imide groups is 1. The Kier molecular flexibility index (Phi) is 5.87. The summed E-state index contributed by atoms with van der Waals surface area (Å²) in [6, 6.07) is -1.29. The highest BCUT2D eigenvalue weighted by Crippen LogP contribution is 2.09. The Bertz CT molecular complexity index is 324. The number of carbonyl (C=O) groups is 4. The molecule has 0 heterocycles. The van der Waals surface area contributed by atoms with Gasteiger partial charge < -0.3 is 9.47 Å². The SMILES string of the molecule is COC(=O)C[C@@H](C(=O)OC)N(C(C)=O)C(C)=O. The number of esters is 2.